The highest BCUT2D eigenvalue weighted by atomic mass is 16.5. The van der Waals surface area contributed by atoms with E-state index >= 15 is 0 Å². The number of para-hydroxylation sites is 1. The number of imide groups is 1. The van der Waals surface area contributed by atoms with E-state index in [1.807, 2.05) is 24.3 Å². The van der Waals surface area contributed by atoms with Gasteiger partial charge in [-0.2, -0.15) is 0 Å². The zero-order valence-corrected chi connectivity index (χ0v) is 19.9. The minimum absolute atomic E-state index is 0.108. The lowest BCUT2D eigenvalue weighted by atomic mass is 10.1. The van der Waals surface area contributed by atoms with Crippen LogP contribution in [-0.2, 0) is 16.0 Å². The molecule has 0 bridgehead atoms. The van der Waals surface area contributed by atoms with E-state index in [4.69, 9.17) is 14.2 Å². The summed E-state index contributed by atoms with van der Waals surface area (Å²) in [6.07, 6.45) is 1.83. The van der Waals surface area contributed by atoms with E-state index in [2.05, 4.69) is 5.32 Å². The van der Waals surface area contributed by atoms with Gasteiger partial charge in [0.05, 0.1) is 37.3 Å². The highest BCUT2D eigenvalue weighted by Gasteiger charge is 2.37. The number of carbonyl (C=O) groups is 3. The maximum atomic E-state index is 12.9. The highest BCUT2D eigenvalue weighted by molar-refractivity contribution is 6.21. The van der Waals surface area contributed by atoms with Crippen LogP contribution in [0.2, 0.25) is 0 Å². The van der Waals surface area contributed by atoms with Gasteiger partial charge in [-0.1, -0.05) is 24.3 Å². The summed E-state index contributed by atoms with van der Waals surface area (Å²) >= 11 is 0. The number of amides is 3. The van der Waals surface area contributed by atoms with Gasteiger partial charge in [0, 0.05) is 23.9 Å². The fourth-order valence-electron chi connectivity index (χ4n) is 4.49. The molecule has 8 heteroatoms. The van der Waals surface area contributed by atoms with Crippen LogP contribution in [0.3, 0.4) is 0 Å². The highest BCUT2D eigenvalue weighted by Crippen LogP contribution is 2.31. The molecule has 0 radical (unpaired) electrons. The van der Waals surface area contributed by atoms with Crippen molar-refractivity contribution in [2.45, 2.75) is 25.4 Å². The molecule has 8 nitrogen and oxygen atoms in total. The third-order valence-electron chi connectivity index (χ3n) is 6.25. The molecule has 3 amide bonds. The van der Waals surface area contributed by atoms with Crippen LogP contribution in [0.15, 0.2) is 66.7 Å². The smallest absolute Gasteiger partial charge is 0.261 e. The van der Waals surface area contributed by atoms with Gasteiger partial charge in [-0.25, -0.2) is 0 Å². The van der Waals surface area contributed by atoms with Crippen molar-refractivity contribution >= 4 is 23.4 Å². The second-order valence-corrected chi connectivity index (χ2v) is 8.73. The molecule has 3 aromatic rings. The van der Waals surface area contributed by atoms with Crippen LogP contribution in [-0.4, -0.2) is 49.0 Å². The third kappa shape index (κ3) is 4.94. The normalized spacial score (nSPS) is 16.7. The van der Waals surface area contributed by atoms with Crippen molar-refractivity contribution in [2.24, 2.45) is 0 Å². The molecular weight excluding hydrogens is 460 g/mol. The Labute approximate surface area is 208 Å². The Morgan fingerprint density at radius 1 is 1.00 bits per heavy atom. The largest absolute Gasteiger partial charge is 0.496 e. The molecule has 2 aliphatic rings. The van der Waals surface area contributed by atoms with Gasteiger partial charge in [-0.05, 0) is 49.2 Å². The van der Waals surface area contributed by atoms with Crippen LogP contribution in [0, 0.1) is 0 Å². The molecule has 5 rings (SSSR count). The van der Waals surface area contributed by atoms with Gasteiger partial charge in [-0.3, -0.25) is 19.3 Å². The number of hydrogen-bond acceptors (Lipinski definition) is 6. The van der Waals surface area contributed by atoms with Gasteiger partial charge in [0.2, 0.25) is 5.91 Å². The molecule has 3 aromatic carbocycles. The number of hydrogen-bond donors (Lipinski definition) is 1. The summed E-state index contributed by atoms with van der Waals surface area (Å²) in [7, 11) is 1.57. The fraction of sp³-hybridized carbons (Fsp3) is 0.250. The zero-order chi connectivity index (χ0) is 25.1. The molecule has 0 saturated carbocycles. The van der Waals surface area contributed by atoms with Crippen molar-refractivity contribution in [2.75, 3.05) is 25.6 Å². The molecular formula is C28H26N2O6. The predicted molar refractivity (Wildman–Crippen MR) is 133 cm³/mol. The minimum atomic E-state index is -0.340. The molecule has 2 heterocycles. The molecule has 184 valence electrons. The summed E-state index contributed by atoms with van der Waals surface area (Å²) in [6.45, 7) is 0.922. The number of benzene rings is 3. The number of rotatable bonds is 8. The van der Waals surface area contributed by atoms with Crippen molar-refractivity contribution < 1.29 is 28.6 Å². The molecule has 0 aliphatic carbocycles. The Bertz CT molecular complexity index is 1310. The van der Waals surface area contributed by atoms with E-state index in [0.29, 0.717) is 40.7 Å². The fourth-order valence-corrected chi connectivity index (χ4v) is 4.49. The summed E-state index contributed by atoms with van der Waals surface area (Å²) in [5, 5.41) is 2.87. The third-order valence-corrected chi connectivity index (χ3v) is 6.25. The Morgan fingerprint density at radius 3 is 2.61 bits per heavy atom. The Balaban J connectivity index is 1.26. The van der Waals surface area contributed by atoms with Crippen molar-refractivity contribution in [1.82, 2.24) is 4.90 Å². The van der Waals surface area contributed by atoms with Gasteiger partial charge in [-0.15, -0.1) is 0 Å². The van der Waals surface area contributed by atoms with Gasteiger partial charge in [0.25, 0.3) is 11.8 Å². The first-order valence-electron chi connectivity index (χ1n) is 11.8. The van der Waals surface area contributed by atoms with Gasteiger partial charge in [0.15, 0.2) is 0 Å². The molecule has 36 heavy (non-hydrogen) atoms. The second-order valence-electron chi connectivity index (χ2n) is 8.73. The van der Waals surface area contributed by atoms with E-state index in [-0.39, 0.29) is 36.8 Å². The second kappa shape index (κ2) is 10.2. The van der Waals surface area contributed by atoms with Crippen molar-refractivity contribution in [3.05, 3.63) is 83.4 Å². The lowest BCUT2D eigenvalue weighted by molar-refractivity contribution is -0.115. The van der Waals surface area contributed by atoms with E-state index < -0.39 is 0 Å². The van der Waals surface area contributed by atoms with Crippen LogP contribution in [0.5, 0.6) is 17.2 Å². The first-order valence-corrected chi connectivity index (χ1v) is 11.8. The number of carbonyl (C=O) groups excluding carboxylic acids is 3. The van der Waals surface area contributed by atoms with E-state index in [1.165, 1.54) is 4.90 Å². The van der Waals surface area contributed by atoms with E-state index in [9.17, 15) is 14.4 Å². The number of fused-ring (bicyclic) bond motifs is 1. The molecule has 1 unspecified atom stereocenters. The first-order chi connectivity index (χ1) is 17.5. The van der Waals surface area contributed by atoms with Gasteiger partial charge in [0.1, 0.15) is 17.2 Å². The van der Waals surface area contributed by atoms with Gasteiger partial charge >= 0.3 is 0 Å². The van der Waals surface area contributed by atoms with Crippen LogP contribution < -0.4 is 14.8 Å². The molecule has 2 aliphatic heterocycles. The molecule has 0 spiro atoms. The molecule has 0 aromatic heterocycles. The zero-order valence-electron chi connectivity index (χ0n) is 19.9. The lowest BCUT2D eigenvalue weighted by Gasteiger charge is -2.17. The molecule has 1 saturated heterocycles. The standard InChI is InChI=1S/C28H26N2O6/c1-34-25-10-3-2-6-18(25)14-26(31)29-19-7-4-8-20(15-19)36-21-11-12-23-24(16-21)28(33)30(27(23)32)17-22-9-5-13-35-22/h2-4,6-8,10-12,15-16,22H,5,9,13-14,17H2,1H3,(H,29,31). The van der Waals surface area contributed by atoms with Crippen LogP contribution >= 0.6 is 0 Å². The van der Waals surface area contributed by atoms with Crippen LogP contribution in [0.1, 0.15) is 39.1 Å². The Kier molecular flexibility index (Phi) is 6.69. The summed E-state index contributed by atoms with van der Waals surface area (Å²) in [6, 6.07) is 19.2. The van der Waals surface area contributed by atoms with Crippen LogP contribution in [0.4, 0.5) is 5.69 Å². The number of methoxy groups -OCH3 is 1. The number of nitrogens with zero attached hydrogens (tertiary/aromatic N) is 1. The maximum Gasteiger partial charge on any atom is 0.261 e. The Morgan fingerprint density at radius 2 is 1.81 bits per heavy atom. The average molecular weight is 487 g/mol. The minimum Gasteiger partial charge on any atom is -0.496 e. The van der Waals surface area contributed by atoms with Gasteiger partial charge < -0.3 is 19.5 Å². The maximum absolute atomic E-state index is 12.9. The van der Waals surface area contributed by atoms with Crippen molar-refractivity contribution in [3.63, 3.8) is 0 Å². The lowest BCUT2D eigenvalue weighted by Crippen LogP contribution is -2.36. The molecule has 1 fully saturated rings. The average Bonchev–Trinajstić information content (AvgIpc) is 3.47. The molecule has 1 N–H and O–H groups in total. The van der Waals surface area contributed by atoms with E-state index in [0.717, 1.165) is 18.4 Å². The monoisotopic (exact) mass is 486 g/mol. The Hall–Kier alpha value is -4.17. The SMILES string of the molecule is COc1ccccc1CC(=O)Nc1cccc(Oc2ccc3c(c2)C(=O)N(CC2CCCO2)C3=O)c1. The summed E-state index contributed by atoms with van der Waals surface area (Å²) < 4.78 is 16.9. The van der Waals surface area contributed by atoms with E-state index in [1.54, 1.807) is 49.6 Å². The number of anilines is 1. The predicted octanol–water partition coefficient (Wildman–Crippen LogP) is 4.44. The number of ether oxygens (including phenoxy) is 3. The number of nitrogens with one attached hydrogen (secondary N) is 1. The van der Waals surface area contributed by atoms with Crippen molar-refractivity contribution in [3.8, 4) is 17.2 Å². The topological polar surface area (TPSA) is 94.2 Å². The molecule has 1 atom stereocenters. The summed E-state index contributed by atoms with van der Waals surface area (Å²) in [5.74, 6) is 0.725. The summed E-state index contributed by atoms with van der Waals surface area (Å²) in [4.78, 5) is 39.5. The quantitative estimate of drug-likeness (QED) is 0.473. The first kappa shape index (κ1) is 23.6. The van der Waals surface area contributed by atoms with Crippen molar-refractivity contribution in [1.29, 1.82) is 0 Å². The summed E-state index contributed by atoms with van der Waals surface area (Å²) in [5.41, 5.74) is 2.04. The van der Waals surface area contributed by atoms with Crippen LogP contribution in [0.25, 0.3) is 0 Å².